The second-order valence-corrected chi connectivity index (χ2v) is 18.5. The van der Waals surface area contributed by atoms with Crippen LogP contribution in [0, 0.1) is 0 Å². The Hall–Kier alpha value is 0.267. The van der Waals surface area contributed by atoms with Crippen LogP contribution in [0.3, 0.4) is 0 Å². The van der Waals surface area contributed by atoms with Crippen LogP contribution in [0.2, 0.25) is 6.04 Å². The number of carbonyl (C=O) groups is 1. The lowest BCUT2D eigenvalue weighted by Crippen LogP contribution is -1.93. The lowest BCUT2D eigenvalue weighted by Gasteiger charge is -2.05. The Bertz CT molecular complexity index is 518. The Morgan fingerprint density at radius 3 is 0.667 bits per heavy atom. The van der Waals surface area contributed by atoms with Gasteiger partial charge in [-0.05, 0) is 12.5 Å². The fourth-order valence-corrected chi connectivity index (χ4v) is 7.75. The minimum atomic E-state index is -1.34. The van der Waals surface area contributed by atoms with E-state index in [0.29, 0.717) is 6.42 Å². The van der Waals surface area contributed by atoms with Gasteiger partial charge < -0.3 is 5.11 Å². The molecular weight excluding hydrogens is 575 g/mol. The van der Waals surface area contributed by atoms with Crippen LogP contribution in [0.1, 0.15) is 225 Å². The molecule has 0 aliphatic rings. The number of carboxylic acids is 1. The number of aliphatic carboxylic acids is 1. The third-order valence-electron chi connectivity index (χ3n) is 9.06. The third kappa shape index (κ3) is 40.3. The summed E-state index contributed by atoms with van der Waals surface area (Å²) in [6, 6.07) is 1.09. The standard InChI is InChI=1S/C37H74Cl2O2Si/c38-42(39)36-34-32-30-28-26-24-22-20-18-16-14-12-10-8-6-4-2-1-3-5-7-9-11-13-15-17-19-21-23-25-27-29-31-33-35-37(40)41/h42H,1-36H2,(H,40,41). The second kappa shape index (κ2) is 37.5. The minimum Gasteiger partial charge on any atom is -0.481 e. The van der Waals surface area contributed by atoms with Crippen LogP contribution in [-0.2, 0) is 4.79 Å². The van der Waals surface area contributed by atoms with Crippen LogP contribution in [0.25, 0.3) is 0 Å². The van der Waals surface area contributed by atoms with Crippen molar-refractivity contribution in [3.05, 3.63) is 0 Å². The number of hydrogen-bond acceptors (Lipinski definition) is 1. The number of halogens is 2. The number of unbranched alkanes of at least 4 members (excludes halogenated alkanes) is 33. The summed E-state index contributed by atoms with van der Waals surface area (Å²) in [5.41, 5.74) is 0. The molecule has 1 N–H and O–H groups in total. The Morgan fingerprint density at radius 2 is 0.500 bits per heavy atom. The summed E-state index contributed by atoms with van der Waals surface area (Å²) in [5.74, 6) is -0.650. The van der Waals surface area contributed by atoms with Gasteiger partial charge >= 0.3 is 5.97 Å². The third-order valence-corrected chi connectivity index (χ3v) is 11.2. The summed E-state index contributed by atoms with van der Waals surface area (Å²) in [5, 5.41) is 8.64. The van der Waals surface area contributed by atoms with Gasteiger partial charge in [0.1, 0.15) is 0 Å². The molecule has 0 unspecified atom stereocenters. The summed E-state index contributed by atoms with van der Waals surface area (Å²) in [7, 11) is -1.34. The van der Waals surface area contributed by atoms with Gasteiger partial charge in [0.15, 0.2) is 0 Å². The molecule has 0 rings (SSSR count). The highest BCUT2D eigenvalue weighted by Gasteiger charge is 2.01. The summed E-state index contributed by atoms with van der Waals surface area (Å²) in [6.45, 7) is 0. The van der Waals surface area contributed by atoms with Gasteiger partial charge in [-0.1, -0.05) is 212 Å². The first-order valence-corrected chi connectivity index (χ1v) is 23.4. The van der Waals surface area contributed by atoms with Crippen LogP contribution in [0.4, 0.5) is 0 Å². The lowest BCUT2D eigenvalue weighted by molar-refractivity contribution is -0.137. The van der Waals surface area contributed by atoms with Crippen LogP contribution >= 0.6 is 22.2 Å². The summed E-state index contributed by atoms with van der Waals surface area (Å²) < 4.78 is 0. The molecule has 0 saturated heterocycles. The molecule has 0 aliphatic heterocycles. The van der Waals surface area contributed by atoms with Gasteiger partial charge in [-0.15, -0.1) is 0 Å². The summed E-state index contributed by atoms with van der Waals surface area (Å²) in [4.78, 5) is 10.5. The highest BCUT2D eigenvalue weighted by atomic mass is 35.7. The van der Waals surface area contributed by atoms with E-state index in [1.165, 1.54) is 205 Å². The predicted molar refractivity (Wildman–Crippen MR) is 193 cm³/mol. The zero-order valence-electron chi connectivity index (χ0n) is 28.1. The molecule has 2 nitrogen and oxygen atoms in total. The molecule has 42 heavy (non-hydrogen) atoms. The predicted octanol–water partition coefficient (Wildman–Crippen LogP) is 14.4. The van der Waals surface area contributed by atoms with Crippen molar-refractivity contribution in [3.63, 3.8) is 0 Å². The molecule has 0 amide bonds. The quantitative estimate of drug-likeness (QED) is 0.0413. The SMILES string of the molecule is O=C(O)CCCCCCCCCCCCCCCCCCCCCCCCCCCCCCCCCCCC[SiH](Cl)Cl. The second-order valence-electron chi connectivity index (χ2n) is 13.3. The molecule has 0 saturated carbocycles. The van der Waals surface area contributed by atoms with Crippen molar-refractivity contribution in [2.45, 2.75) is 231 Å². The van der Waals surface area contributed by atoms with Crippen molar-refractivity contribution in [1.29, 1.82) is 0 Å². The van der Waals surface area contributed by atoms with Gasteiger partial charge in [-0.2, -0.15) is 22.2 Å². The molecule has 0 heterocycles. The summed E-state index contributed by atoms with van der Waals surface area (Å²) in [6.07, 6.45) is 47.6. The molecule has 0 atom stereocenters. The van der Waals surface area contributed by atoms with E-state index in [9.17, 15) is 4.79 Å². The smallest absolute Gasteiger partial charge is 0.303 e. The van der Waals surface area contributed by atoms with Crippen LogP contribution in [0.15, 0.2) is 0 Å². The van der Waals surface area contributed by atoms with Gasteiger partial charge in [-0.25, -0.2) is 0 Å². The van der Waals surface area contributed by atoms with Crippen LogP contribution in [0.5, 0.6) is 0 Å². The summed E-state index contributed by atoms with van der Waals surface area (Å²) >= 11 is 11.8. The van der Waals surface area contributed by atoms with E-state index >= 15 is 0 Å². The maximum atomic E-state index is 10.5. The monoisotopic (exact) mass is 648 g/mol. The van der Waals surface area contributed by atoms with Crippen molar-refractivity contribution in [2.24, 2.45) is 0 Å². The van der Waals surface area contributed by atoms with Gasteiger partial charge in [0.25, 0.3) is 0 Å². The van der Waals surface area contributed by atoms with E-state index in [4.69, 9.17) is 27.3 Å². The Labute approximate surface area is 275 Å². The topological polar surface area (TPSA) is 37.3 Å². The van der Waals surface area contributed by atoms with E-state index in [2.05, 4.69) is 0 Å². The first-order chi connectivity index (χ1) is 20.6. The molecule has 0 spiro atoms. The first kappa shape index (κ1) is 42.3. The maximum Gasteiger partial charge on any atom is 0.303 e. The zero-order chi connectivity index (χ0) is 30.6. The van der Waals surface area contributed by atoms with E-state index < -0.39 is 13.4 Å². The molecule has 5 heteroatoms. The van der Waals surface area contributed by atoms with Crippen molar-refractivity contribution >= 4 is 35.5 Å². The maximum absolute atomic E-state index is 10.5. The average molecular weight is 650 g/mol. The molecule has 0 aromatic heterocycles. The average Bonchev–Trinajstić information content (AvgIpc) is 2.96. The normalized spacial score (nSPS) is 11.6. The Morgan fingerprint density at radius 1 is 0.333 bits per heavy atom. The van der Waals surface area contributed by atoms with Crippen molar-refractivity contribution in [2.75, 3.05) is 0 Å². The zero-order valence-corrected chi connectivity index (χ0v) is 30.8. The highest BCUT2D eigenvalue weighted by molar-refractivity contribution is 7.33. The largest absolute Gasteiger partial charge is 0.481 e. The van der Waals surface area contributed by atoms with E-state index in [0.717, 1.165) is 18.9 Å². The van der Waals surface area contributed by atoms with Gasteiger partial charge in [-0.3, -0.25) is 4.79 Å². The van der Waals surface area contributed by atoms with Gasteiger partial charge in [0.2, 0.25) is 7.42 Å². The van der Waals surface area contributed by atoms with Gasteiger partial charge in [0.05, 0.1) is 0 Å². The number of hydrogen-bond donors (Lipinski definition) is 1. The minimum absolute atomic E-state index is 0.344. The van der Waals surface area contributed by atoms with E-state index in [1.807, 2.05) is 0 Å². The highest BCUT2D eigenvalue weighted by Crippen LogP contribution is 2.17. The van der Waals surface area contributed by atoms with Crippen LogP contribution in [-0.4, -0.2) is 18.5 Å². The van der Waals surface area contributed by atoms with Crippen molar-refractivity contribution in [3.8, 4) is 0 Å². The molecule has 0 bridgehead atoms. The Balaban J connectivity index is 3.04. The molecule has 0 aromatic rings. The van der Waals surface area contributed by atoms with Gasteiger partial charge in [0, 0.05) is 6.42 Å². The first-order valence-electron chi connectivity index (χ1n) is 19.1. The van der Waals surface area contributed by atoms with E-state index in [1.54, 1.807) is 0 Å². The molecule has 0 radical (unpaired) electrons. The van der Waals surface area contributed by atoms with E-state index in [-0.39, 0.29) is 0 Å². The fraction of sp³-hybridized carbons (Fsp3) is 0.973. The molecule has 252 valence electrons. The molecule has 0 aromatic carbocycles. The fourth-order valence-electron chi connectivity index (χ4n) is 6.23. The van der Waals surface area contributed by atoms with Crippen molar-refractivity contribution in [1.82, 2.24) is 0 Å². The lowest BCUT2D eigenvalue weighted by atomic mass is 10.0. The number of carboxylic acid groups (broad SMARTS) is 1. The molecule has 0 aliphatic carbocycles. The molecule has 0 fully saturated rings. The van der Waals surface area contributed by atoms with Crippen molar-refractivity contribution < 1.29 is 9.90 Å². The van der Waals surface area contributed by atoms with Crippen LogP contribution < -0.4 is 0 Å². The molecular formula is C37H74Cl2O2Si. The number of rotatable bonds is 37. The Kier molecular flexibility index (Phi) is 37.7.